The van der Waals surface area contributed by atoms with Gasteiger partial charge in [0.05, 0.1) is 6.10 Å². The quantitative estimate of drug-likeness (QED) is 0.650. The third kappa shape index (κ3) is 2.45. The molecule has 5 nitrogen and oxygen atoms in total. The highest BCUT2D eigenvalue weighted by molar-refractivity contribution is 7.92. The molecule has 0 aromatic heterocycles. The van der Waals surface area contributed by atoms with E-state index >= 15 is 0 Å². The summed E-state index contributed by atoms with van der Waals surface area (Å²) in [6.07, 6.45) is 1.07. The van der Waals surface area contributed by atoms with Crippen LogP contribution in [-0.4, -0.2) is 55.0 Å². The van der Waals surface area contributed by atoms with Crippen LogP contribution in [0.3, 0.4) is 0 Å². The number of aliphatic hydroxyl groups excluding tert-OH is 1. The summed E-state index contributed by atoms with van der Waals surface area (Å²) >= 11 is 0. The van der Waals surface area contributed by atoms with E-state index < -0.39 is 27.1 Å². The van der Waals surface area contributed by atoms with Gasteiger partial charge in [0.1, 0.15) is 5.25 Å². The second-order valence-corrected chi connectivity index (χ2v) is 6.06. The van der Waals surface area contributed by atoms with Crippen LogP contribution in [0.1, 0.15) is 13.3 Å². The van der Waals surface area contributed by atoms with E-state index in [4.69, 9.17) is 0 Å². The normalized spacial score (nSPS) is 25.1. The Bertz CT molecular complexity index is 324. The fourth-order valence-electron chi connectivity index (χ4n) is 1.38. The van der Waals surface area contributed by atoms with E-state index in [1.54, 1.807) is 0 Å². The topological polar surface area (TPSA) is 74.7 Å². The maximum Gasteiger partial charge on any atom is 0.240 e. The average Bonchev–Trinajstić information content (AvgIpc) is 2.47. The van der Waals surface area contributed by atoms with Crippen LogP contribution in [0.25, 0.3) is 0 Å². The lowest BCUT2D eigenvalue weighted by Crippen LogP contribution is -2.40. The smallest absolute Gasteiger partial charge is 0.240 e. The van der Waals surface area contributed by atoms with E-state index in [9.17, 15) is 18.3 Å². The van der Waals surface area contributed by atoms with Gasteiger partial charge in [-0.1, -0.05) is 0 Å². The number of sulfone groups is 1. The second-order valence-electron chi connectivity index (χ2n) is 3.70. The van der Waals surface area contributed by atoms with Crippen molar-refractivity contribution in [3.8, 4) is 0 Å². The lowest BCUT2D eigenvalue weighted by atomic mass is 10.3. The summed E-state index contributed by atoms with van der Waals surface area (Å²) in [7, 11) is -3.33. The minimum absolute atomic E-state index is 0.249. The summed E-state index contributed by atoms with van der Waals surface area (Å²) in [6, 6.07) is 0. The van der Waals surface area contributed by atoms with Crippen LogP contribution < -0.4 is 0 Å². The van der Waals surface area contributed by atoms with Crippen LogP contribution in [0, 0.1) is 0 Å². The van der Waals surface area contributed by atoms with Gasteiger partial charge in [0, 0.05) is 19.3 Å². The van der Waals surface area contributed by atoms with E-state index in [1.807, 2.05) is 0 Å². The van der Waals surface area contributed by atoms with Gasteiger partial charge in [0.15, 0.2) is 9.84 Å². The van der Waals surface area contributed by atoms with Crippen molar-refractivity contribution in [2.24, 2.45) is 0 Å². The molecular weight excluding hydrogens is 206 g/mol. The average molecular weight is 221 g/mol. The van der Waals surface area contributed by atoms with Crippen molar-refractivity contribution >= 4 is 15.7 Å². The highest BCUT2D eigenvalue weighted by Gasteiger charge is 2.32. The molecule has 1 aliphatic heterocycles. The molecule has 0 aromatic rings. The Morgan fingerprint density at radius 1 is 1.57 bits per heavy atom. The summed E-state index contributed by atoms with van der Waals surface area (Å²) in [4.78, 5) is 13.0. The standard InChI is InChI=1S/C8H15NO4S/c1-6(14(2,12)13)8(11)9-4-3-7(10)5-9/h6-7,10H,3-5H2,1-2H3. The van der Waals surface area contributed by atoms with Crippen LogP contribution >= 0.6 is 0 Å². The zero-order valence-electron chi connectivity index (χ0n) is 8.30. The van der Waals surface area contributed by atoms with Gasteiger partial charge in [0.25, 0.3) is 0 Å². The first-order valence-corrected chi connectivity index (χ1v) is 6.43. The minimum Gasteiger partial charge on any atom is -0.391 e. The molecule has 2 unspecified atom stereocenters. The van der Waals surface area contributed by atoms with Crippen LogP contribution in [0.2, 0.25) is 0 Å². The summed E-state index contributed by atoms with van der Waals surface area (Å²) in [5.74, 6) is -0.413. The van der Waals surface area contributed by atoms with Gasteiger partial charge in [-0.05, 0) is 13.3 Å². The first kappa shape index (κ1) is 11.5. The Morgan fingerprint density at radius 2 is 2.14 bits per heavy atom. The van der Waals surface area contributed by atoms with Crippen LogP contribution in [0.4, 0.5) is 0 Å². The Labute approximate surface area is 83.6 Å². The van der Waals surface area contributed by atoms with Crippen molar-refractivity contribution in [3.63, 3.8) is 0 Å². The molecule has 1 N–H and O–H groups in total. The lowest BCUT2D eigenvalue weighted by molar-refractivity contribution is -0.129. The third-order valence-corrected chi connectivity index (χ3v) is 3.95. The van der Waals surface area contributed by atoms with E-state index in [-0.39, 0.29) is 6.54 Å². The number of carbonyl (C=O) groups excluding carboxylic acids is 1. The summed E-state index contributed by atoms with van der Waals surface area (Å²) < 4.78 is 22.2. The zero-order valence-corrected chi connectivity index (χ0v) is 9.12. The van der Waals surface area contributed by atoms with Gasteiger partial charge < -0.3 is 10.0 Å². The molecule has 2 atom stereocenters. The molecule has 1 saturated heterocycles. The number of hydrogen-bond acceptors (Lipinski definition) is 4. The number of hydrogen-bond donors (Lipinski definition) is 1. The molecule has 0 radical (unpaired) electrons. The largest absolute Gasteiger partial charge is 0.391 e. The predicted octanol–water partition coefficient (Wildman–Crippen LogP) is -0.987. The monoisotopic (exact) mass is 221 g/mol. The molecular formula is C8H15NO4S. The third-order valence-electron chi connectivity index (χ3n) is 2.47. The Hall–Kier alpha value is -0.620. The molecule has 1 rings (SSSR count). The summed E-state index contributed by atoms with van der Waals surface area (Å²) in [5.41, 5.74) is 0. The number of nitrogens with zero attached hydrogens (tertiary/aromatic N) is 1. The van der Waals surface area contributed by atoms with Crippen molar-refractivity contribution in [2.45, 2.75) is 24.7 Å². The number of β-amino-alcohol motifs (C(OH)–C–C–N with tert-alkyl or cyclic N) is 1. The maximum absolute atomic E-state index is 11.6. The fourth-order valence-corrected chi connectivity index (χ4v) is 1.90. The van der Waals surface area contributed by atoms with Crippen molar-refractivity contribution < 1.29 is 18.3 Å². The zero-order chi connectivity index (χ0) is 10.9. The minimum atomic E-state index is -3.33. The first-order valence-electron chi connectivity index (χ1n) is 4.48. The van der Waals surface area contributed by atoms with Crippen molar-refractivity contribution in [2.75, 3.05) is 19.3 Å². The first-order chi connectivity index (χ1) is 6.32. The molecule has 0 saturated carbocycles. The van der Waals surface area contributed by atoms with Crippen molar-refractivity contribution in [1.82, 2.24) is 4.90 Å². The van der Waals surface area contributed by atoms with Gasteiger partial charge >= 0.3 is 0 Å². The van der Waals surface area contributed by atoms with Gasteiger partial charge in [-0.2, -0.15) is 0 Å². The van der Waals surface area contributed by atoms with Gasteiger partial charge in [-0.25, -0.2) is 8.42 Å². The van der Waals surface area contributed by atoms with Crippen molar-refractivity contribution in [1.29, 1.82) is 0 Å². The molecule has 1 amide bonds. The Kier molecular flexibility index (Phi) is 3.16. The van der Waals surface area contributed by atoms with E-state index in [1.165, 1.54) is 11.8 Å². The van der Waals surface area contributed by atoms with Crippen molar-refractivity contribution in [3.05, 3.63) is 0 Å². The highest BCUT2D eigenvalue weighted by Crippen LogP contribution is 2.12. The van der Waals surface area contributed by atoms with Gasteiger partial charge in [-0.15, -0.1) is 0 Å². The molecule has 14 heavy (non-hydrogen) atoms. The number of amides is 1. The van der Waals surface area contributed by atoms with Crippen LogP contribution in [-0.2, 0) is 14.6 Å². The summed E-state index contributed by atoms with van der Waals surface area (Å²) in [6.45, 7) is 2.07. The number of rotatable bonds is 2. The molecule has 1 heterocycles. The molecule has 6 heteroatoms. The SMILES string of the molecule is CC(C(=O)N1CCC(O)C1)S(C)(=O)=O. The second kappa shape index (κ2) is 3.86. The van der Waals surface area contributed by atoms with E-state index in [0.29, 0.717) is 13.0 Å². The maximum atomic E-state index is 11.6. The molecule has 0 aromatic carbocycles. The molecule has 1 aliphatic rings. The van der Waals surface area contributed by atoms with Gasteiger partial charge in [-0.3, -0.25) is 4.79 Å². The molecule has 0 bridgehead atoms. The molecule has 82 valence electrons. The lowest BCUT2D eigenvalue weighted by Gasteiger charge is -2.19. The number of aliphatic hydroxyl groups is 1. The van der Waals surface area contributed by atoms with Crippen LogP contribution in [0.5, 0.6) is 0 Å². The number of likely N-dealkylation sites (tertiary alicyclic amines) is 1. The van der Waals surface area contributed by atoms with Gasteiger partial charge in [0.2, 0.25) is 5.91 Å². The van der Waals surface area contributed by atoms with Crippen LogP contribution in [0.15, 0.2) is 0 Å². The highest BCUT2D eigenvalue weighted by atomic mass is 32.2. The summed E-state index contributed by atoms with van der Waals surface area (Å²) in [5, 5.41) is 8.18. The number of carbonyl (C=O) groups is 1. The molecule has 0 aliphatic carbocycles. The molecule has 0 spiro atoms. The molecule has 1 fully saturated rings. The Balaban J connectivity index is 2.67. The predicted molar refractivity (Wildman–Crippen MR) is 51.5 cm³/mol. The Morgan fingerprint density at radius 3 is 2.50 bits per heavy atom. The fraction of sp³-hybridized carbons (Fsp3) is 0.875. The van der Waals surface area contributed by atoms with E-state index in [0.717, 1.165) is 6.26 Å². The van der Waals surface area contributed by atoms with E-state index in [2.05, 4.69) is 0 Å².